The number of esters is 1. The molecule has 0 unspecified atom stereocenters. The van der Waals surface area contributed by atoms with Crippen LogP contribution in [0.25, 0.3) is 0 Å². The first-order valence-corrected chi connectivity index (χ1v) is 9.17. The van der Waals surface area contributed by atoms with Gasteiger partial charge in [-0.25, -0.2) is 0 Å². The van der Waals surface area contributed by atoms with Crippen LogP contribution in [0.15, 0.2) is 30.3 Å². The van der Waals surface area contributed by atoms with E-state index in [4.69, 9.17) is 4.74 Å². The highest BCUT2D eigenvalue weighted by Crippen LogP contribution is 2.35. The normalized spacial score (nSPS) is 23.8. The second kappa shape index (κ2) is 7.82. The summed E-state index contributed by atoms with van der Waals surface area (Å²) in [5, 5.41) is 0. The lowest BCUT2D eigenvalue weighted by Crippen LogP contribution is -2.51. The zero-order valence-corrected chi connectivity index (χ0v) is 14.4. The minimum absolute atomic E-state index is 0.124. The Hall–Kier alpha value is -1.84. The van der Waals surface area contributed by atoms with E-state index in [-0.39, 0.29) is 24.2 Å². The molecule has 1 amide bonds. The number of nitrogens with zero attached hydrogens (tertiary/aromatic N) is 1. The van der Waals surface area contributed by atoms with Crippen molar-refractivity contribution in [3.63, 3.8) is 0 Å². The lowest BCUT2D eigenvalue weighted by molar-refractivity contribution is -0.152. The fraction of sp³-hybridized carbons (Fsp3) is 0.600. The third-order valence-corrected chi connectivity index (χ3v) is 5.40. The van der Waals surface area contributed by atoms with E-state index in [1.54, 1.807) is 0 Å². The molecular weight excluding hydrogens is 302 g/mol. The molecule has 4 nitrogen and oxygen atoms in total. The molecule has 0 N–H and O–H groups in total. The quantitative estimate of drug-likeness (QED) is 0.753. The molecule has 2 aliphatic heterocycles. The molecule has 3 aliphatic rings. The van der Waals surface area contributed by atoms with Crippen LogP contribution in [0.5, 0.6) is 0 Å². The average Bonchev–Trinajstić information content (AvgIpc) is 2.63. The van der Waals surface area contributed by atoms with E-state index in [0.29, 0.717) is 25.0 Å². The number of hydrogen-bond acceptors (Lipinski definition) is 3. The molecular formula is C20H27NO3. The van der Waals surface area contributed by atoms with Gasteiger partial charge in [0, 0.05) is 19.0 Å². The molecule has 2 saturated heterocycles. The molecule has 0 aromatic heterocycles. The Labute approximate surface area is 144 Å². The number of benzene rings is 1. The first kappa shape index (κ1) is 17.0. The smallest absolute Gasteiger partial charge is 0.309 e. The van der Waals surface area contributed by atoms with Gasteiger partial charge in [0.05, 0.1) is 12.5 Å². The van der Waals surface area contributed by atoms with Gasteiger partial charge < -0.3 is 9.64 Å². The van der Waals surface area contributed by atoms with Gasteiger partial charge in [-0.1, -0.05) is 30.3 Å². The summed E-state index contributed by atoms with van der Waals surface area (Å²) in [6.07, 6.45) is 5.57. The molecule has 24 heavy (non-hydrogen) atoms. The maximum atomic E-state index is 12.8. The molecule has 1 aliphatic carbocycles. The fourth-order valence-corrected chi connectivity index (χ4v) is 4.10. The number of piperidine rings is 2. The van der Waals surface area contributed by atoms with Crippen LogP contribution in [0.3, 0.4) is 0 Å². The Morgan fingerprint density at radius 1 is 1.17 bits per heavy atom. The van der Waals surface area contributed by atoms with Crippen LogP contribution in [-0.4, -0.2) is 36.0 Å². The lowest BCUT2D eigenvalue weighted by atomic mass is 9.79. The summed E-state index contributed by atoms with van der Waals surface area (Å²) in [6, 6.07) is 10.3. The lowest BCUT2D eigenvalue weighted by Gasteiger charge is -2.45. The van der Waals surface area contributed by atoms with Crippen molar-refractivity contribution in [1.29, 1.82) is 0 Å². The number of ether oxygens (including phenoxy) is 1. The highest BCUT2D eigenvalue weighted by Gasteiger charge is 2.37. The zero-order chi connectivity index (χ0) is 16.9. The van der Waals surface area contributed by atoms with Crippen molar-refractivity contribution in [3.8, 4) is 0 Å². The van der Waals surface area contributed by atoms with Gasteiger partial charge in [0.1, 0.15) is 0 Å². The largest absolute Gasteiger partial charge is 0.466 e. The molecule has 4 heteroatoms. The third kappa shape index (κ3) is 3.97. The highest BCUT2D eigenvalue weighted by atomic mass is 16.5. The average molecular weight is 329 g/mol. The molecule has 2 bridgehead atoms. The van der Waals surface area contributed by atoms with E-state index in [0.717, 1.165) is 24.9 Å². The van der Waals surface area contributed by atoms with Crippen LogP contribution >= 0.6 is 0 Å². The van der Waals surface area contributed by atoms with E-state index in [2.05, 4.69) is 0 Å². The van der Waals surface area contributed by atoms with Crippen molar-refractivity contribution in [2.45, 2.75) is 51.5 Å². The van der Waals surface area contributed by atoms with Crippen molar-refractivity contribution < 1.29 is 14.3 Å². The van der Waals surface area contributed by atoms with Gasteiger partial charge in [-0.05, 0) is 50.5 Å². The van der Waals surface area contributed by atoms with Gasteiger partial charge in [0.25, 0.3) is 0 Å². The van der Waals surface area contributed by atoms with Crippen molar-refractivity contribution in [3.05, 3.63) is 35.9 Å². The maximum Gasteiger partial charge on any atom is 0.309 e. The first-order chi connectivity index (χ1) is 11.7. The molecule has 1 saturated carbocycles. The Bertz CT molecular complexity index is 564. The number of hydrogen-bond donors (Lipinski definition) is 0. The van der Waals surface area contributed by atoms with E-state index < -0.39 is 0 Å². The summed E-state index contributed by atoms with van der Waals surface area (Å²) >= 11 is 0. The van der Waals surface area contributed by atoms with Gasteiger partial charge in [-0.15, -0.1) is 0 Å². The van der Waals surface area contributed by atoms with Crippen LogP contribution in [0, 0.1) is 11.8 Å². The van der Waals surface area contributed by atoms with Crippen LogP contribution in [0.4, 0.5) is 0 Å². The van der Waals surface area contributed by atoms with Crippen LogP contribution in [-0.2, 0) is 20.7 Å². The van der Waals surface area contributed by atoms with Gasteiger partial charge in [-0.2, -0.15) is 0 Å². The van der Waals surface area contributed by atoms with Crippen LogP contribution in [0.1, 0.15) is 44.6 Å². The third-order valence-electron chi connectivity index (χ3n) is 5.40. The summed E-state index contributed by atoms with van der Waals surface area (Å²) in [4.78, 5) is 27.2. The minimum Gasteiger partial charge on any atom is -0.466 e. The molecule has 4 rings (SSSR count). The molecule has 0 radical (unpaired) electrons. The summed E-state index contributed by atoms with van der Waals surface area (Å²) in [6.45, 7) is 3.04. The number of amides is 1. The number of fused-ring (bicyclic) bond motifs is 3. The Morgan fingerprint density at radius 2 is 1.88 bits per heavy atom. The summed E-state index contributed by atoms with van der Waals surface area (Å²) in [5.41, 5.74) is 1.07. The highest BCUT2D eigenvalue weighted by molar-refractivity contribution is 5.83. The first-order valence-electron chi connectivity index (χ1n) is 9.17. The van der Waals surface area contributed by atoms with Gasteiger partial charge in [-0.3, -0.25) is 9.59 Å². The zero-order valence-electron chi connectivity index (χ0n) is 14.4. The molecule has 2 heterocycles. The SMILES string of the molecule is CCOC(=O)[C@H](CC(=O)N1CC2CCC1CC2)Cc1ccccc1. The number of carbonyl (C=O) groups is 2. The summed E-state index contributed by atoms with van der Waals surface area (Å²) in [5.74, 6) is 0.143. The summed E-state index contributed by atoms with van der Waals surface area (Å²) in [7, 11) is 0. The second-order valence-electron chi connectivity index (χ2n) is 7.06. The fourth-order valence-electron chi connectivity index (χ4n) is 4.10. The number of carbonyl (C=O) groups excluding carboxylic acids is 2. The van der Waals surface area contributed by atoms with Crippen molar-refractivity contribution in [1.82, 2.24) is 4.90 Å². The second-order valence-corrected chi connectivity index (χ2v) is 7.06. The van der Waals surface area contributed by atoms with Gasteiger partial charge in [0.15, 0.2) is 0 Å². The Kier molecular flexibility index (Phi) is 5.54. The van der Waals surface area contributed by atoms with Crippen molar-refractivity contribution >= 4 is 11.9 Å². The number of rotatable bonds is 6. The standard InChI is InChI=1S/C20H27NO3/c1-2-24-20(23)17(12-15-6-4-3-5-7-15)13-19(22)21-14-16-8-10-18(21)11-9-16/h3-7,16-18H,2,8-14H2,1H3/t16?,17-,18?/m0/s1. The van der Waals surface area contributed by atoms with Gasteiger partial charge >= 0.3 is 5.97 Å². The molecule has 3 fully saturated rings. The maximum absolute atomic E-state index is 12.8. The van der Waals surface area contributed by atoms with E-state index in [9.17, 15) is 9.59 Å². The predicted molar refractivity (Wildman–Crippen MR) is 92.3 cm³/mol. The topological polar surface area (TPSA) is 46.6 Å². The molecule has 1 aromatic carbocycles. The van der Waals surface area contributed by atoms with E-state index >= 15 is 0 Å². The van der Waals surface area contributed by atoms with Crippen LogP contribution < -0.4 is 0 Å². The molecule has 1 aromatic rings. The predicted octanol–water partition coefficient (Wildman–Crippen LogP) is 3.20. The Morgan fingerprint density at radius 3 is 2.46 bits per heavy atom. The minimum atomic E-state index is -0.389. The van der Waals surface area contributed by atoms with Gasteiger partial charge in [0.2, 0.25) is 5.91 Å². The van der Waals surface area contributed by atoms with E-state index in [1.807, 2.05) is 42.2 Å². The van der Waals surface area contributed by atoms with Crippen LogP contribution in [0.2, 0.25) is 0 Å². The van der Waals surface area contributed by atoms with E-state index in [1.165, 1.54) is 12.8 Å². The summed E-state index contributed by atoms with van der Waals surface area (Å²) < 4.78 is 5.22. The Balaban J connectivity index is 1.66. The van der Waals surface area contributed by atoms with Crippen molar-refractivity contribution in [2.24, 2.45) is 11.8 Å². The molecule has 1 atom stereocenters. The van der Waals surface area contributed by atoms with Crippen molar-refractivity contribution in [2.75, 3.05) is 13.2 Å². The monoisotopic (exact) mass is 329 g/mol. The molecule has 130 valence electrons. The molecule has 0 spiro atoms.